The van der Waals surface area contributed by atoms with Gasteiger partial charge in [-0.1, -0.05) is 5.16 Å². The molecule has 1 aromatic heterocycles. The van der Waals surface area contributed by atoms with E-state index in [0.29, 0.717) is 38.0 Å². The first-order chi connectivity index (χ1) is 10.6. The molecule has 0 spiro atoms. The van der Waals surface area contributed by atoms with E-state index >= 15 is 0 Å². The van der Waals surface area contributed by atoms with Crippen LogP contribution in [0.4, 0.5) is 0 Å². The number of morpholine rings is 1. The van der Waals surface area contributed by atoms with Crippen molar-refractivity contribution in [3.05, 3.63) is 11.7 Å². The summed E-state index contributed by atoms with van der Waals surface area (Å²) in [6.07, 6.45) is 2.23. The Morgan fingerprint density at radius 3 is 2.95 bits per heavy atom. The van der Waals surface area contributed by atoms with E-state index in [4.69, 9.17) is 9.26 Å². The van der Waals surface area contributed by atoms with Crippen LogP contribution in [0.3, 0.4) is 0 Å². The number of rotatable bonds is 3. The van der Waals surface area contributed by atoms with Crippen molar-refractivity contribution < 1.29 is 14.1 Å². The number of aromatic nitrogens is 2. The normalized spacial score (nSPS) is 27.1. The second kappa shape index (κ2) is 6.75. The van der Waals surface area contributed by atoms with E-state index in [1.54, 1.807) is 0 Å². The fourth-order valence-corrected chi connectivity index (χ4v) is 3.22. The lowest BCUT2D eigenvalue weighted by atomic mass is 9.98. The van der Waals surface area contributed by atoms with Crippen molar-refractivity contribution in [1.82, 2.24) is 19.9 Å². The Labute approximate surface area is 130 Å². The number of carbonyl (C=O) groups is 1. The van der Waals surface area contributed by atoms with Gasteiger partial charge >= 0.3 is 0 Å². The Kier molecular flexibility index (Phi) is 4.73. The summed E-state index contributed by atoms with van der Waals surface area (Å²) < 4.78 is 10.8. The van der Waals surface area contributed by atoms with Crippen LogP contribution in [-0.4, -0.2) is 71.3 Å². The highest BCUT2D eigenvalue weighted by molar-refractivity contribution is 5.78. The molecule has 7 heteroatoms. The maximum Gasteiger partial charge on any atom is 0.236 e. The molecule has 0 N–H and O–H groups in total. The second-order valence-corrected chi connectivity index (χ2v) is 6.28. The van der Waals surface area contributed by atoms with E-state index in [2.05, 4.69) is 15.0 Å². The first-order valence-electron chi connectivity index (χ1n) is 8.04. The van der Waals surface area contributed by atoms with Crippen molar-refractivity contribution in [1.29, 1.82) is 0 Å². The molecule has 3 heterocycles. The van der Waals surface area contributed by atoms with Gasteiger partial charge in [0.05, 0.1) is 25.2 Å². The number of aryl methyl sites for hydroxylation is 1. The summed E-state index contributed by atoms with van der Waals surface area (Å²) in [7, 11) is 0. The molecule has 2 atom stereocenters. The molecule has 122 valence electrons. The van der Waals surface area contributed by atoms with Crippen LogP contribution in [-0.2, 0) is 9.53 Å². The van der Waals surface area contributed by atoms with Gasteiger partial charge in [0.15, 0.2) is 5.82 Å². The van der Waals surface area contributed by atoms with Crippen molar-refractivity contribution in [2.75, 3.05) is 39.3 Å². The maximum atomic E-state index is 12.4. The third-order valence-corrected chi connectivity index (χ3v) is 4.35. The number of hydrogen-bond acceptors (Lipinski definition) is 6. The zero-order valence-corrected chi connectivity index (χ0v) is 13.3. The van der Waals surface area contributed by atoms with Gasteiger partial charge in [0.1, 0.15) is 0 Å². The number of carbonyl (C=O) groups excluding carboxylic acids is 1. The molecule has 2 saturated heterocycles. The van der Waals surface area contributed by atoms with Crippen LogP contribution < -0.4 is 0 Å². The maximum absolute atomic E-state index is 12.4. The van der Waals surface area contributed by atoms with Crippen LogP contribution in [0.15, 0.2) is 4.52 Å². The van der Waals surface area contributed by atoms with Gasteiger partial charge in [0, 0.05) is 19.6 Å². The molecular formula is C15H24N4O3. The molecule has 0 radical (unpaired) electrons. The predicted molar refractivity (Wildman–Crippen MR) is 79.4 cm³/mol. The number of amides is 1. The summed E-state index contributed by atoms with van der Waals surface area (Å²) in [5.74, 6) is 1.81. The first kappa shape index (κ1) is 15.4. The van der Waals surface area contributed by atoms with Gasteiger partial charge in [0.2, 0.25) is 11.8 Å². The Balaban J connectivity index is 1.54. The molecular weight excluding hydrogens is 284 g/mol. The number of piperidine rings is 1. The van der Waals surface area contributed by atoms with Crippen LogP contribution in [0.5, 0.6) is 0 Å². The zero-order chi connectivity index (χ0) is 15.5. The minimum atomic E-state index is 0.133. The standard InChI is InChI=1S/C15H24N4O3/c1-11-8-19(6-7-21-11)14(20)10-18-5-3-4-13(9-18)15-16-12(2)17-22-15/h11,13H,3-10H2,1-2H3/t11-,13-/m0/s1. The third kappa shape index (κ3) is 3.64. The highest BCUT2D eigenvalue weighted by atomic mass is 16.5. The van der Waals surface area contributed by atoms with Crippen LogP contribution in [0, 0.1) is 6.92 Å². The lowest BCUT2D eigenvalue weighted by Crippen LogP contribution is -2.49. The van der Waals surface area contributed by atoms with Crippen molar-refractivity contribution in [3.63, 3.8) is 0 Å². The SMILES string of the molecule is Cc1noc([C@H]2CCCN(CC(=O)N3CCO[C@@H](C)C3)C2)n1. The molecule has 0 saturated carbocycles. The number of likely N-dealkylation sites (tertiary alicyclic amines) is 1. The van der Waals surface area contributed by atoms with Crippen molar-refractivity contribution >= 4 is 5.91 Å². The number of hydrogen-bond donors (Lipinski definition) is 0. The van der Waals surface area contributed by atoms with E-state index < -0.39 is 0 Å². The summed E-state index contributed by atoms with van der Waals surface area (Å²) in [5.41, 5.74) is 0. The minimum absolute atomic E-state index is 0.133. The Bertz CT molecular complexity index is 519. The summed E-state index contributed by atoms with van der Waals surface area (Å²) in [4.78, 5) is 20.9. The van der Waals surface area contributed by atoms with Gasteiger partial charge in [-0.2, -0.15) is 4.98 Å². The number of nitrogens with zero attached hydrogens (tertiary/aromatic N) is 4. The van der Waals surface area contributed by atoms with Crippen LogP contribution in [0.2, 0.25) is 0 Å². The molecule has 0 bridgehead atoms. The van der Waals surface area contributed by atoms with E-state index in [1.165, 1.54) is 0 Å². The van der Waals surface area contributed by atoms with Gasteiger partial charge in [-0.25, -0.2) is 0 Å². The van der Waals surface area contributed by atoms with E-state index in [-0.39, 0.29) is 17.9 Å². The molecule has 0 aromatic carbocycles. The average Bonchev–Trinajstić information content (AvgIpc) is 2.94. The molecule has 1 aromatic rings. The van der Waals surface area contributed by atoms with E-state index in [0.717, 1.165) is 25.9 Å². The molecule has 0 unspecified atom stereocenters. The summed E-state index contributed by atoms with van der Waals surface area (Å²) in [6, 6.07) is 0. The van der Waals surface area contributed by atoms with E-state index in [1.807, 2.05) is 18.7 Å². The second-order valence-electron chi connectivity index (χ2n) is 6.28. The monoisotopic (exact) mass is 308 g/mol. The molecule has 2 aliphatic heterocycles. The molecule has 2 aliphatic rings. The molecule has 7 nitrogen and oxygen atoms in total. The van der Waals surface area contributed by atoms with Crippen LogP contribution in [0.25, 0.3) is 0 Å². The van der Waals surface area contributed by atoms with Gasteiger partial charge in [-0.05, 0) is 33.2 Å². The highest BCUT2D eigenvalue weighted by Crippen LogP contribution is 2.25. The van der Waals surface area contributed by atoms with Crippen LogP contribution >= 0.6 is 0 Å². The molecule has 22 heavy (non-hydrogen) atoms. The first-order valence-corrected chi connectivity index (χ1v) is 8.04. The Hall–Kier alpha value is -1.47. The largest absolute Gasteiger partial charge is 0.375 e. The smallest absolute Gasteiger partial charge is 0.236 e. The molecule has 0 aliphatic carbocycles. The van der Waals surface area contributed by atoms with Gasteiger partial charge in [0.25, 0.3) is 0 Å². The summed E-state index contributed by atoms with van der Waals surface area (Å²) in [5, 5.41) is 3.87. The zero-order valence-electron chi connectivity index (χ0n) is 13.3. The fraction of sp³-hybridized carbons (Fsp3) is 0.800. The van der Waals surface area contributed by atoms with Gasteiger partial charge in [-0.15, -0.1) is 0 Å². The van der Waals surface area contributed by atoms with Crippen LogP contribution in [0.1, 0.15) is 37.4 Å². The predicted octanol–water partition coefficient (Wildman–Crippen LogP) is 0.805. The average molecular weight is 308 g/mol. The van der Waals surface area contributed by atoms with Crippen molar-refractivity contribution in [2.45, 2.75) is 38.7 Å². The van der Waals surface area contributed by atoms with Gasteiger partial charge in [-0.3, -0.25) is 9.69 Å². The highest BCUT2D eigenvalue weighted by Gasteiger charge is 2.29. The molecule has 1 amide bonds. The fourth-order valence-electron chi connectivity index (χ4n) is 3.22. The summed E-state index contributed by atoms with van der Waals surface area (Å²) >= 11 is 0. The van der Waals surface area contributed by atoms with Crippen molar-refractivity contribution in [3.8, 4) is 0 Å². The topological polar surface area (TPSA) is 71.7 Å². The molecule has 2 fully saturated rings. The summed E-state index contributed by atoms with van der Waals surface area (Å²) in [6.45, 7) is 8.10. The lowest BCUT2D eigenvalue weighted by molar-refractivity contribution is -0.139. The van der Waals surface area contributed by atoms with Crippen molar-refractivity contribution in [2.24, 2.45) is 0 Å². The minimum Gasteiger partial charge on any atom is -0.375 e. The third-order valence-electron chi connectivity index (χ3n) is 4.35. The number of ether oxygens (including phenoxy) is 1. The lowest BCUT2D eigenvalue weighted by Gasteiger charge is -2.35. The molecule has 3 rings (SSSR count). The van der Waals surface area contributed by atoms with E-state index in [9.17, 15) is 4.79 Å². The quantitative estimate of drug-likeness (QED) is 0.823. The Morgan fingerprint density at radius 1 is 1.36 bits per heavy atom. The van der Waals surface area contributed by atoms with Gasteiger partial charge < -0.3 is 14.2 Å². The Morgan fingerprint density at radius 2 is 2.23 bits per heavy atom.